The van der Waals surface area contributed by atoms with E-state index < -0.39 is 0 Å². The van der Waals surface area contributed by atoms with Crippen molar-refractivity contribution in [3.63, 3.8) is 0 Å². The average molecular weight is 449 g/mol. The molecule has 8 nitrogen and oxygen atoms in total. The molecule has 2 N–H and O–H groups in total. The second-order valence-electron chi connectivity index (χ2n) is 6.56. The van der Waals surface area contributed by atoms with Crippen molar-refractivity contribution in [2.75, 3.05) is 38.2 Å². The smallest absolute Gasteiger partial charge is 0.267 e. The van der Waals surface area contributed by atoms with Gasteiger partial charge in [-0.1, -0.05) is 43.4 Å². The summed E-state index contributed by atoms with van der Waals surface area (Å²) in [6, 6.07) is 5.29. The van der Waals surface area contributed by atoms with Crippen molar-refractivity contribution in [1.82, 2.24) is 14.3 Å². The van der Waals surface area contributed by atoms with Gasteiger partial charge in [-0.25, -0.2) is 4.98 Å². The Morgan fingerprint density at radius 3 is 2.93 bits per heavy atom. The first-order valence-corrected chi connectivity index (χ1v) is 11.0. The van der Waals surface area contributed by atoms with Crippen molar-refractivity contribution < 1.29 is 14.6 Å². The van der Waals surface area contributed by atoms with E-state index in [4.69, 9.17) is 22.1 Å². The first-order chi connectivity index (χ1) is 14.6. The molecule has 1 amide bonds. The number of rotatable bonds is 10. The number of carbonyl (C=O) groups is 1. The van der Waals surface area contributed by atoms with E-state index in [1.807, 2.05) is 0 Å². The maximum absolute atomic E-state index is 13.1. The van der Waals surface area contributed by atoms with E-state index in [-0.39, 0.29) is 30.2 Å². The zero-order valence-electron chi connectivity index (χ0n) is 16.7. The predicted octanol–water partition coefficient (Wildman–Crippen LogP) is 2.12. The van der Waals surface area contributed by atoms with Crippen LogP contribution >= 0.6 is 24.0 Å². The van der Waals surface area contributed by atoms with Gasteiger partial charge in [0.1, 0.15) is 15.8 Å². The molecule has 3 heterocycles. The molecule has 1 aliphatic heterocycles. The molecule has 0 atom stereocenters. The van der Waals surface area contributed by atoms with E-state index in [0.29, 0.717) is 40.4 Å². The molecule has 0 aromatic carbocycles. The lowest BCUT2D eigenvalue weighted by molar-refractivity contribution is -0.122. The van der Waals surface area contributed by atoms with Crippen LogP contribution in [0.3, 0.4) is 0 Å². The molecular formula is C20H24N4O4S2. The molecule has 10 heteroatoms. The summed E-state index contributed by atoms with van der Waals surface area (Å²) in [5, 5.41) is 11.9. The van der Waals surface area contributed by atoms with E-state index in [1.54, 1.807) is 35.4 Å². The maximum Gasteiger partial charge on any atom is 0.267 e. The number of aliphatic hydroxyl groups excluding tert-OH is 1. The third-order valence-electron chi connectivity index (χ3n) is 4.43. The highest BCUT2D eigenvalue weighted by Gasteiger charge is 2.32. The number of aromatic nitrogens is 2. The van der Waals surface area contributed by atoms with Crippen LogP contribution in [0, 0.1) is 0 Å². The fourth-order valence-electron chi connectivity index (χ4n) is 2.92. The molecule has 0 unspecified atom stereocenters. The van der Waals surface area contributed by atoms with Gasteiger partial charge in [-0.15, -0.1) is 0 Å². The van der Waals surface area contributed by atoms with E-state index in [0.717, 1.165) is 12.8 Å². The molecule has 160 valence electrons. The summed E-state index contributed by atoms with van der Waals surface area (Å²) < 4.78 is 7.20. The van der Waals surface area contributed by atoms with Gasteiger partial charge in [-0.2, -0.15) is 0 Å². The van der Waals surface area contributed by atoms with Crippen molar-refractivity contribution >= 4 is 51.7 Å². The van der Waals surface area contributed by atoms with Crippen molar-refractivity contribution in [3.8, 4) is 0 Å². The molecule has 2 aromatic heterocycles. The van der Waals surface area contributed by atoms with Gasteiger partial charge in [0.25, 0.3) is 11.5 Å². The van der Waals surface area contributed by atoms with Crippen LogP contribution < -0.4 is 10.9 Å². The molecule has 3 rings (SSSR count). The summed E-state index contributed by atoms with van der Waals surface area (Å²) in [5.41, 5.74) is 0.504. The Morgan fingerprint density at radius 2 is 2.17 bits per heavy atom. The van der Waals surface area contributed by atoms with Crippen LogP contribution in [-0.2, 0) is 9.53 Å². The zero-order chi connectivity index (χ0) is 21.5. The minimum absolute atomic E-state index is 0.0549. The lowest BCUT2D eigenvalue weighted by atomic mass is 10.2. The molecule has 0 saturated carbocycles. The summed E-state index contributed by atoms with van der Waals surface area (Å²) in [5.74, 6) is 0.186. The van der Waals surface area contributed by atoms with Gasteiger partial charge < -0.3 is 15.2 Å². The quantitative estimate of drug-likeness (QED) is 0.324. The molecule has 0 radical (unpaired) electrons. The number of amides is 1. The van der Waals surface area contributed by atoms with Crippen molar-refractivity contribution in [2.45, 2.75) is 19.8 Å². The number of fused-ring (bicyclic) bond motifs is 1. The largest absolute Gasteiger partial charge is 0.394 e. The zero-order valence-corrected chi connectivity index (χ0v) is 18.3. The van der Waals surface area contributed by atoms with Gasteiger partial charge >= 0.3 is 0 Å². The number of hydrogen-bond donors (Lipinski definition) is 2. The van der Waals surface area contributed by atoms with Gasteiger partial charge in [0.2, 0.25) is 0 Å². The van der Waals surface area contributed by atoms with Crippen LogP contribution in [0.15, 0.2) is 34.1 Å². The van der Waals surface area contributed by atoms with E-state index in [9.17, 15) is 9.59 Å². The minimum atomic E-state index is -0.279. The number of pyridine rings is 1. The summed E-state index contributed by atoms with van der Waals surface area (Å²) in [4.78, 5) is 32.5. The first-order valence-electron chi connectivity index (χ1n) is 9.76. The molecule has 0 aliphatic carbocycles. The van der Waals surface area contributed by atoms with Gasteiger partial charge in [-0.3, -0.25) is 18.9 Å². The molecule has 30 heavy (non-hydrogen) atoms. The van der Waals surface area contributed by atoms with Crippen molar-refractivity contribution in [2.24, 2.45) is 0 Å². The molecule has 2 aromatic rings. The minimum Gasteiger partial charge on any atom is -0.394 e. The topological polar surface area (TPSA) is 96.2 Å². The Labute approximate surface area is 183 Å². The standard InChI is InChI=1S/C20H24N4O4S2/c1-2-3-8-24-19(27)15(30-20(24)29)13-14-17(21-7-11-28-12-10-25)22-16-6-4-5-9-23(16)18(14)26/h4-6,9,13,21,25H,2-3,7-8,10-12H2,1H3/b15-13-. The lowest BCUT2D eigenvalue weighted by Gasteiger charge is -2.13. The summed E-state index contributed by atoms with van der Waals surface area (Å²) in [6.45, 7) is 3.55. The molecular weight excluding hydrogens is 424 g/mol. The third kappa shape index (κ3) is 5.07. The second kappa shape index (κ2) is 10.7. The summed E-state index contributed by atoms with van der Waals surface area (Å²) >= 11 is 6.55. The number of carbonyl (C=O) groups excluding carboxylic acids is 1. The van der Waals surface area contributed by atoms with E-state index in [2.05, 4.69) is 17.2 Å². The Balaban J connectivity index is 1.95. The Hall–Kier alpha value is -2.27. The highest BCUT2D eigenvalue weighted by atomic mass is 32.2. The molecule has 1 saturated heterocycles. The number of thioether (sulfide) groups is 1. The third-order valence-corrected chi connectivity index (χ3v) is 5.81. The molecule has 0 bridgehead atoms. The van der Waals surface area contributed by atoms with Gasteiger partial charge in [-0.05, 0) is 24.6 Å². The van der Waals surface area contributed by atoms with Crippen LogP contribution in [0.5, 0.6) is 0 Å². The maximum atomic E-state index is 13.1. The number of ether oxygens (including phenoxy) is 1. The summed E-state index contributed by atoms with van der Waals surface area (Å²) in [7, 11) is 0. The van der Waals surface area contributed by atoms with E-state index >= 15 is 0 Å². The van der Waals surface area contributed by atoms with Crippen LogP contribution in [0.2, 0.25) is 0 Å². The molecule has 1 aliphatic rings. The Kier molecular flexibility index (Phi) is 7.97. The highest BCUT2D eigenvalue weighted by molar-refractivity contribution is 8.26. The van der Waals surface area contributed by atoms with Gasteiger partial charge in [0.15, 0.2) is 0 Å². The number of anilines is 1. The number of thiocarbonyl (C=S) groups is 1. The average Bonchev–Trinajstić information content (AvgIpc) is 3.01. The second-order valence-corrected chi connectivity index (χ2v) is 8.23. The number of nitrogens with one attached hydrogen (secondary N) is 1. The first kappa shape index (κ1) is 22.4. The van der Waals surface area contributed by atoms with Gasteiger partial charge in [0.05, 0.1) is 30.3 Å². The van der Waals surface area contributed by atoms with Crippen LogP contribution in [-0.4, -0.2) is 62.5 Å². The number of hydrogen-bond acceptors (Lipinski definition) is 8. The van der Waals surface area contributed by atoms with Crippen molar-refractivity contribution in [3.05, 3.63) is 45.2 Å². The Morgan fingerprint density at radius 1 is 1.33 bits per heavy atom. The number of aliphatic hydroxyl groups is 1. The highest BCUT2D eigenvalue weighted by Crippen LogP contribution is 2.33. The normalized spacial score (nSPS) is 15.5. The molecule has 0 spiro atoms. The number of nitrogens with zero attached hydrogens (tertiary/aromatic N) is 3. The fourth-order valence-corrected chi connectivity index (χ4v) is 4.21. The Bertz CT molecular complexity index is 1020. The number of unbranched alkanes of at least 4 members (excludes halogenated alkanes) is 1. The molecule has 1 fully saturated rings. The fraction of sp³-hybridized carbons (Fsp3) is 0.400. The van der Waals surface area contributed by atoms with Crippen LogP contribution in [0.1, 0.15) is 25.3 Å². The van der Waals surface area contributed by atoms with Crippen molar-refractivity contribution in [1.29, 1.82) is 0 Å². The monoisotopic (exact) mass is 448 g/mol. The van der Waals surface area contributed by atoms with Gasteiger partial charge in [0, 0.05) is 19.3 Å². The van der Waals surface area contributed by atoms with Crippen LogP contribution in [0.25, 0.3) is 11.7 Å². The van der Waals surface area contributed by atoms with E-state index in [1.165, 1.54) is 16.2 Å². The summed E-state index contributed by atoms with van der Waals surface area (Å²) in [6.07, 6.45) is 5.03. The lowest BCUT2D eigenvalue weighted by Crippen LogP contribution is -2.29. The van der Waals surface area contributed by atoms with Crippen LogP contribution in [0.4, 0.5) is 5.82 Å². The SMILES string of the molecule is CCCCN1C(=O)/C(=C/c2c(NCCOCCO)nc3ccccn3c2=O)SC1=S. The predicted molar refractivity (Wildman–Crippen MR) is 123 cm³/mol.